The quantitative estimate of drug-likeness (QED) is 0.692. The van der Waals surface area contributed by atoms with Gasteiger partial charge in [0.2, 0.25) is 0 Å². The Morgan fingerprint density at radius 2 is 1.80 bits per heavy atom. The van der Waals surface area contributed by atoms with Gasteiger partial charge in [0.05, 0.1) is 13.2 Å². The van der Waals surface area contributed by atoms with Crippen molar-refractivity contribution in [3.8, 4) is 11.5 Å². The lowest BCUT2D eigenvalue weighted by atomic mass is 10.1. The highest BCUT2D eigenvalue weighted by Crippen LogP contribution is 2.29. The van der Waals surface area contributed by atoms with Crippen LogP contribution in [0.2, 0.25) is 0 Å². The maximum Gasteiger partial charge on any atom is 0.254 e. The number of nitrogens with zero attached hydrogens (tertiary/aromatic N) is 1. The van der Waals surface area contributed by atoms with Crippen molar-refractivity contribution in [1.29, 1.82) is 0 Å². The molecule has 1 aromatic rings. The molecule has 20 heavy (non-hydrogen) atoms. The molecule has 0 aliphatic carbocycles. The van der Waals surface area contributed by atoms with E-state index in [4.69, 9.17) is 21.1 Å². The fourth-order valence-corrected chi connectivity index (χ4v) is 2.08. The first-order valence-electron chi connectivity index (χ1n) is 6.92. The molecule has 1 aromatic carbocycles. The highest BCUT2D eigenvalue weighted by atomic mass is 35.5. The summed E-state index contributed by atoms with van der Waals surface area (Å²) in [6.07, 6.45) is 0. The normalized spacial score (nSPS) is 10.2. The summed E-state index contributed by atoms with van der Waals surface area (Å²) in [6, 6.07) is 5.26. The fourth-order valence-electron chi connectivity index (χ4n) is 1.87. The molecule has 0 atom stereocenters. The molecule has 1 rings (SSSR count). The molecule has 0 saturated heterocycles. The van der Waals surface area contributed by atoms with Gasteiger partial charge in [-0.3, -0.25) is 4.79 Å². The molecule has 0 unspecified atom stereocenters. The molecule has 0 bridgehead atoms. The molecule has 0 aliphatic rings. The van der Waals surface area contributed by atoms with Gasteiger partial charge in [0, 0.05) is 24.5 Å². The average Bonchev–Trinajstić information content (AvgIpc) is 2.46. The molecule has 0 fully saturated rings. The first kappa shape index (κ1) is 16.6. The Hall–Kier alpha value is -1.42. The number of carbonyl (C=O) groups is 1. The third kappa shape index (κ3) is 4.30. The second-order valence-electron chi connectivity index (χ2n) is 4.10. The van der Waals surface area contributed by atoms with Gasteiger partial charge in [-0.05, 0) is 39.0 Å². The number of alkyl halides is 1. The molecule has 0 spiro atoms. The Morgan fingerprint density at radius 3 is 2.35 bits per heavy atom. The van der Waals surface area contributed by atoms with Gasteiger partial charge < -0.3 is 14.4 Å². The van der Waals surface area contributed by atoms with Gasteiger partial charge in [-0.15, -0.1) is 11.6 Å². The van der Waals surface area contributed by atoms with Gasteiger partial charge in [0.1, 0.15) is 0 Å². The number of hydrogen-bond donors (Lipinski definition) is 0. The lowest BCUT2D eigenvalue weighted by Gasteiger charge is -2.20. The molecule has 0 aliphatic heterocycles. The van der Waals surface area contributed by atoms with Gasteiger partial charge in [0.15, 0.2) is 11.5 Å². The second-order valence-corrected chi connectivity index (χ2v) is 4.48. The van der Waals surface area contributed by atoms with Gasteiger partial charge in [-0.2, -0.15) is 0 Å². The lowest BCUT2D eigenvalue weighted by Crippen LogP contribution is -2.32. The number of hydrogen-bond acceptors (Lipinski definition) is 3. The minimum Gasteiger partial charge on any atom is -0.490 e. The van der Waals surface area contributed by atoms with E-state index in [9.17, 15) is 4.79 Å². The second kappa shape index (κ2) is 8.69. The molecule has 0 radical (unpaired) electrons. The smallest absolute Gasteiger partial charge is 0.254 e. The monoisotopic (exact) mass is 299 g/mol. The van der Waals surface area contributed by atoms with Crippen molar-refractivity contribution in [2.75, 3.05) is 32.2 Å². The van der Waals surface area contributed by atoms with Crippen LogP contribution in [0.3, 0.4) is 0 Å². The molecule has 0 saturated carbocycles. The van der Waals surface area contributed by atoms with Crippen LogP contribution in [0.25, 0.3) is 0 Å². The van der Waals surface area contributed by atoms with Crippen LogP contribution in [0.5, 0.6) is 11.5 Å². The fraction of sp³-hybridized carbons (Fsp3) is 0.533. The maximum absolute atomic E-state index is 12.4. The third-order valence-electron chi connectivity index (χ3n) is 2.81. The summed E-state index contributed by atoms with van der Waals surface area (Å²) in [5.41, 5.74) is 0.587. The van der Waals surface area contributed by atoms with Gasteiger partial charge >= 0.3 is 0 Å². The summed E-state index contributed by atoms with van der Waals surface area (Å²) < 4.78 is 11.0. The molecule has 0 heterocycles. The Morgan fingerprint density at radius 1 is 1.15 bits per heavy atom. The van der Waals surface area contributed by atoms with Gasteiger partial charge in [-0.25, -0.2) is 0 Å². The van der Waals surface area contributed by atoms with Crippen molar-refractivity contribution < 1.29 is 14.3 Å². The maximum atomic E-state index is 12.4. The summed E-state index contributed by atoms with van der Waals surface area (Å²) in [5.74, 6) is 1.64. The molecule has 5 heteroatoms. The SMILES string of the molecule is CCOc1ccc(C(=O)N(CC)CCCl)cc1OCC. The summed E-state index contributed by atoms with van der Waals surface area (Å²) >= 11 is 5.72. The number of carbonyl (C=O) groups excluding carboxylic acids is 1. The van der Waals surface area contributed by atoms with E-state index in [1.54, 1.807) is 23.1 Å². The van der Waals surface area contributed by atoms with E-state index in [2.05, 4.69) is 0 Å². The topological polar surface area (TPSA) is 38.8 Å². The van der Waals surface area contributed by atoms with E-state index >= 15 is 0 Å². The van der Waals surface area contributed by atoms with Crippen LogP contribution in [-0.4, -0.2) is 43.0 Å². The Labute approximate surface area is 125 Å². The molecule has 0 aromatic heterocycles. The van der Waals surface area contributed by atoms with E-state index in [0.29, 0.717) is 49.2 Å². The lowest BCUT2D eigenvalue weighted by molar-refractivity contribution is 0.0773. The number of amides is 1. The van der Waals surface area contributed by atoms with E-state index in [-0.39, 0.29) is 5.91 Å². The Bertz CT molecular complexity index is 437. The van der Waals surface area contributed by atoms with E-state index in [1.165, 1.54) is 0 Å². The molecular weight excluding hydrogens is 278 g/mol. The van der Waals surface area contributed by atoms with Crippen molar-refractivity contribution in [3.63, 3.8) is 0 Å². The molecule has 0 N–H and O–H groups in total. The van der Waals surface area contributed by atoms with E-state index < -0.39 is 0 Å². The summed E-state index contributed by atoms with van der Waals surface area (Å²) in [5, 5.41) is 0. The first-order chi connectivity index (χ1) is 9.67. The first-order valence-corrected chi connectivity index (χ1v) is 7.46. The van der Waals surface area contributed by atoms with Crippen LogP contribution in [0.15, 0.2) is 18.2 Å². The van der Waals surface area contributed by atoms with Crippen LogP contribution in [0, 0.1) is 0 Å². The molecule has 112 valence electrons. The number of ether oxygens (including phenoxy) is 2. The number of benzene rings is 1. The standard InChI is InChI=1S/C15H22ClNO3/c1-4-17(10-9-16)15(18)12-7-8-13(19-5-2)14(11-12)20-6-3/h7-8,11H,4-6,9-10H2,1-3H3. The Balaban J connectivity index is 3.00. The number of rotatable bonds is 8. The van der Waals surface area contributed by atoms with Crippen molar-refractivity contribution in [2.24, 2.45) is 0 Å². The van der Waals surface area contributed by atoms with Crippen LogP contribution < -0.4 is 9.47 Å². The van der Waals surface area contributed by atoms with E-state index in [1.807, 2.05) is 20.8 Å². The zero-order chi connectivity index (χ0) is 15.0. The average molecular weight is 300 g/mol. The van der Waals surface area contributed by atoms with Crippen molar-refractivity contribution in [3.05, 3.63) is 23.8 Å². The summed E-state index contributed by atoms with van der Waals surface area (Å²) in [6.45, 7) is 7.99. The van der Waals surface area contributed by atoms with Crippen molar-refractivity contribution in [1.82, 2.24) is 4.90 Å². The Kier molecular flexibility index (Phi) is 7.23. The molecular formula is C15H22ClNO3. The zero-order valence-corrected chi connectivity index (χ0v) is 13.1. The van der Waals surface area contributed by atoms with Crippen LogP contribution >= 0.6 is 11.6 Å². The number of halogens is 1. The van der Waals surface area contributed by atoms with Gasteiger partial charge in [0.25, 0.3) is 5.91 Å². The van der Waals surface area contributed by atoms with Crippen LogP contribution in [0.4, 0.5) is 0 Å². The highest BCUT2D eigenvalue weighted by Gasteiger charge is 2.16. The summed E-state index contributed by atoms with van der Waals surface area (Å²) in [4.78, 5) is 14.1. The summed E-state index contributed by atoms with van der Waals surface area (Å²) in [7, 11) is 0. The highest BCUT2D eigenvalue weighted by molar-refractivity contribution is 6.18. The predicted octanol–water partition coefficient (Wildman–Crippen LogP) is 3.18. The zero-order valence-electron chi connectivity index (χ0n) is 12.3. The predicted molar refractivity (Wildman–Crippen MR) is 81.1 cm³/mol. The molecule has 4 nitrogen and oxygen atoms in total. The minimum atomic E-state index is -0.0443. The van der Waals surface area contributed by atoms with Crippen LogP contribution in [-0.2, 0) is 0 Å². The van der Waals surface area contributed by atoms with Crippen molar-refractivity contribution >= 4 is 17.5 Å². The minimum absolute atomic E-state index is 0.0443. The van der Waals surface area contributed by atoms with Crippen LogP contribution in [0.1, 0.15) is 31.1 Å². The van der Waals surface area contributed by atoms with E-state index in [0.717, 1.165) is 0 Å². The van der Waals surface area contributed by atoms with Gasteiger partial charge in [-0.1, -0.05) is 0 Å². The molecule has 1 amide bonds. The third-order valence-corrected chi connectivity index (χ3v) is 2.98. The largest absolute Gasteiger partial charge is 0.490 e. The van der Waals surface area contributed by atoms with Crippen molar-refractivity contribution in [2.45, 2.75) is 20.8 Å².